The Hall–Kier alpha value is -2.31. The highest BCUT2D eigenvalue weighted by atomic mass is 35.5. The molecular formula is C17H13ClN4OS. The zero-order valence-electron chi connectivity index (χ0n) is 12.7. The average Bonchev–Trinajstić information content (AvgIpc) is 2.98. The Morgan fingerprint density at radius 1 is 1.08 bits per heavy atom. The van der Waals surface area contributed by atoms with Crippen LogP contribution in [-0.2, 0) is 0 Å². The molecule has 7 heteroatoms. The van der Waals surface area contributed by atoms with Crippen LogP contribution in [0, 0.1) is 0 Å². The summed E-state index contributed by atoms with van der Waals surface area (Å²) in [6.07, 6.45) is 0. The molecule has 0 saturated carbocycles. The first-order valence-electron chi connectivity index (χ1n) is 7.39. The minimum Gasteiger partial charge on any atom is -0.507 e. The number of aromatic hydroxyl groups is 1. The van der Waals surface area contributed by atoms with Crippen molar-refractivity contribution in [3.05, 3.63) is 59.1 Å². The van der Waals surface area contributed by atoms with E-state index in [1.165, 1.54) is 0 Å². The van der Waals surface area contributed by atoms with E-state index in [2.05, 4.69) is 10.2 Å². The molecule has 0 radical (unpaired) electrons. The lowest BCUT2D eigenvalue weighted by Gasteiger charge is -2.20. The second kappa shape index (κ2) is 5.96. The van der Waals surface area contributed by atoms with E-state index >= 15 is 0 Å². The molecule has 1 aromatic heterocycles. The van der Waals surface area contributed by atoms with Crippen molar-refractivity contribution in [1.29, 1.82) is 0 Å². The Bertz CT molecular complexity index is 936. The van der Waals surface area contributed by atoms with Crippen LogP contribution in [0.5, 0.6) is 5.75 Å². The number of phenolic OH excluding ortho intramolecular Hbond substituents is 1. The summed E-state index contributed by atoms with van der Waals surface area (Å²) in [4.78, 5) is 0. The Morgan fingerprint density at radius 3 is 2.58 bits per heavy atom. The number of phenols is 1. The Morgan fingerprint density at radius 2 is 1.83 bits per heavy atom. The summed E-state index contributed by atoms with van der Waals surface area (Å²) in [5.41, 5.74) is 2.40. The quantitative estimate of drug-likeness (QED) is 0.752. The van der Waals surface area contributed by atoms with Gasteiger partial charge in [-0.25, -0.2) is 0 Å². The predicted molar refractivity (Wildman–Crippen MR) is 95.8 cm³/mol. The summed E-state index contributed by atoms with van der Waals surface area (Å²) >= 11 is 7.52. The normalized spacial score (nSPS) is 16.6. The molecule has 0 amide bonds. The van der Waals surface area contributed by atoms with Crippen molar-refractivity contribution < 1.29 is 5.11 Å². The molecule has 1 N–H and O–H groups in total. The SMILES string of the molecule is C[C@@H]1Sc2nnc(-c3ccc(Cl)cc3)n2N=C1c1ccccc1O. The second-order valence-corrected chi connectivity index (χ2v) is 7.13. The largest absolute Gasteiger partial charge is 0.507 e. The summed E-state index contributed by atoms with van der Waals surface area (Å²) in [5.74, 6) is 0.863. The number of benzene rings is 2. The molecule has 3 aromatic rings. The maximum Gasteiger partial charge on any atom is 0.213 e. The Kier molecular flexibility index (Phi) is 3.78. The average molecular weight is 357 g/mol. The molecule has 0 spiro atoms. The van der Waals surface area contributed by atoms with E-state index in [0.29, 0.717) is 10.8 Å². The van der Waals surface area contributed by atoms with Crippen molar-refractivity contribution in [1.82, 2.24) is 14.9 Å². The number of hydrogen-bond acceptors (Lipinski definition) is 5. The van der Waals surface area contributed by atoms with E-state index in [9.17, 15) is 5.11 Å². The van der Waals surface area contributed by atoms with Gasteiger partial charge < -0.3 is 5.11 Å². The predicted octanol–water partition coefficient (Wildman–Crippen LogP) is 4.05. The van der Waals surface area contributed by atoms with Crippen LogP contribution in [0.3, 0.4) is 0 Å². The van der Waals surface area contributed by atoms with E-state index in [4.69, 9.17) is 16.7 Å². The minimum absolute atomic E-state index is 0.0630. The lowest BCUT2D eigenvalue weighted by atomic mass is 10.1. The molecule has 2 heterocycles. The van der Waals surface area contributed by atoms with Gasteiger partial charge in [0.2, 0.25) is 5.16 Å². The fourth-order valence-electron chi connectivity index (χ4n) is 2.57. The molecule has 1 aliphatic rings. The molecule has 120 valence electrons. The summed E-state index contributed by atoms with van der Waals surface area (Å²) < 4.78 is 1.72. The van der Waals surface area contributed by atoms with Crippen LogP contribution in [-0.4, -0.2) is 30.9 Å². The third kappa shape index (κ3) is 2.57. The molecule has 0 bridgehead atoms. The van der Waals surface area contributed by atoms with Gasteiger partial charge in [0.05, 0.1) is 11.0 Å². The zero-order chi connectivity index (χ0) is 16.7. The number of rotatable bonds is 2. The maximum absolute atomic E-state index is 10.2. The Balaban J connectivity index is 1.85. The van der Waals surface area contributed by atoms with E-state index in [0.717, 1.165) is 22.0 Å². The summed E-state index contributed by atoms with van der Waals surface area (Å²) in [5, 5.41) is 24.8. The van der Waals surface area contributed by atoms with Gasteiger partial charge in [-0.15, -0.1) is 10.2 Å². The second-order valence-electron chi connectivity index (χ2n) is 5.39. The topological polar surface area (TPSA) is 63.3 Å². The van der Waals surface area contributed by atoms with Crippen molar-refractivity contribution in [3.63, 3.8) is 0 Å². The monoisotopic (exact) mass is 356 g/mol. The highest BCUT2D eigenvalue weighted by molar-refractivity contribution is 8.00. The summed E-state index contributed by atoms with van der Waals surface area (Å²) in [6, 6.07) is 14.6. The van der Waals surface area contributed by atoms with Gasteiger partial charge in [0.15, 0.2) is 5.82 Å². The third-order valence-corrected chi connectivity index (χ3v) is 5.06. The molecule has 0 saturated heterocycles. The van der Waals surface area contributed by atoms with E-state index in [-0.39, 0.29) is 11.0 Å². The van der Waals surface area contributed by atoms with Crippen LogP contribution in [0.2, 0.25) is 5.02 Å². The molecule has 1 aliphatic heterocycles. The first-order valence-corrected chi connectivity index (χ1v) is 8.64. The molecule has 0 unspecified atom stereocenters. The van der Waals surface area contributed by atoms with Gasteiger partial charge in [0.25, 0.3) is 0 Å². The lowest BCUT2D eigenvalue weighted by molar-refractivity contribution is 0.474. The number of para-hydroxylation sites is 1. The highest BCUT2D eigenvalue weighted by Crippen LogP contribution is 2.34. The van der Waals surface area contributed by atoms with E-state index in [1.807, 2.05) is 43.3 Å². The standard InChI is InChI=1S/C17H13ClN4OS/c1-10-15(13-4-2-3-5-14(13)23)21-22-16(19-20-17(22)24-10)11-6-8-12(18)9-7-11/h2-10,23H,1H3/t10-/m0/s1. The third-order valence-electron chi connectivity index (χ3n) is 3.77. The van der Waals surface area contributed by atoms with Gasteiger partial charge in [0.1, 0.15) is 5.75 Å². The Labute approximate surface area is 148 Å². The fraction of sp³-hybridized carbons (Fsp3) is 0.118. The molecule has 0 aliphatic carbocycles. The lowest BCUT2D eigenvalue weighted by Crippen LogP contribution is -2.21. The molecule has 2 aromatic carbocycles. The van der Waals surface area contributed by atoms with E-state index < -0.39 is 0 Å². The van der Waals surface area contributed by atoms with Crippen molar-refractivity contribution >= 4 is 29.1 Å². The number of aromatic nitrogens is 3. The summed E-state index contributed by atoms with van der Waals surface area (Å²) in [6.45, 7) is 2.04. The van der Waals surface area contributed by atoms with Crippen molar-refractivity contribution in [2.75, 3.05) is 0 Å². The van der Waals surface area contributed by atoms with Crippen LogP contribution in [0.15, 0.2) is 58.8 Å². The van der Waals surface area contributed by atoms with Crippen molar-refractivity contribution in [3.8, 4) is 17.1 Å². The maximum atomic E-state index is 10.2. The zero-order valence-corrected chi connectivity index (χ0v) is 14.3. The molecular weight excluding hydrogens is 344 g/mol. The first kappa shape index (κ1) is 15.2. The number of nitrogens with zero attached hydrogens (tertiary/aromatic N) is 4. The van der Waals surface area contributed by atoms with Crippen LogP contribution >= 0.6 is 23.4 Å². The van der Waals surface area contributed by atoms with Gasteiger partial charge in [0, 0.05) is 16.1 Å². The smallest absolute Gasteiger partial charge is 0.213 e. The number of fused-ring (bicyclic) bond motifs is 1. The number of thioether (sulfide) groups is 1. The van der Waals surface area contributed by atoms with Crippen molar-refractivity contribution in [2.45, 2.75) is 17.3 Å². The van der Waals surface area contributed by atoms with Crippen LogP contribution in [0.1, 0.15) is 12.5 Å². The molecule has 0 fully saturated rings. The molecule has 24 heavy (non-hydrogen) atoms. The van der Waals surface area contributed by atoms with Crippen LogP contribution in [0.4, 0.5) is 0 Å². The van der Waals surface area contributed by atoms with E-state index in [1.54, 1.807) is 28.6 Å². The van der Waals surface area contributed by atoms with Gasteiger partial charge in [-0.2, -0.15) is 9.78 Å². The molecule has 1 atom stereocenters. The van der Waals surface area contributed by atoms with Crippen LogP contribution < -0.4 is 0 Å². The first-order chi connectivity index (χ1) is 11.6. The van der Waals surface area contributed by atoms with Gasteiger partial charge in [-0.3, -0.25) is 0 Å². The van der Waals surface area contributed by atoms with Gasteiger partial charge in [-0.1, -0.05) is 35.5 Å². The molecule has 5 nitrogen and oxygen atoms in total. The highest BCUT2D eigenvalue weighted by Gasteiger charge is 2.27. The van der Waals surface area contributed by atoms with Gasteiger partial charge >= 0.3 is 0 Å². The van der Waals surface area contributed by atoms with Crippen molar-refractivity contribution in [2.24, 2.45) is 5.10 Å². The fourth-order valence-corrected chi connectivity index (χ4v) is 3.62. The molecule has 4 rings (SSSR count). The summed E-state index contributed by atoms with van der Waals surface area (Å²) in [7, 11) is 0. The number of hydrogen-bond donors (Lipinski definition) is 1. The minimum atomic E-state index is 0.0630. The van der Waals surface area contributed by atoms with Gasteiger partial charge in [-0.05, 0) is 43.3 Å². The number of halogens is 1. The van der Waals surface area contributed by atoms with Crippen LogP contribution in [0.25, 0.3) is 11.4 Å².